The average molecular weight is 251 g/mol. The number of aldehydes is 1. The largest absolute Gasteiger partial charge is 0.298 e. The van der Waals surface area contributed by atoms with Crippen LogP contribution < -0.4 is 0 Å². The number of nitrogens with zero attached hydrogens (tertiary/aromatic N) is 1. The minimum atomic E-state index is -0.438. The standard InChI is InChI=1S/C16H10FNO/c17-14-9-11(10-19)5-7-13(14)16-8-6-12-3-1-2-4-15(12)18-16/h1-10H. The quantitative estimate of drug-likeness (QED) is 0.647. The predicted molar refractivity (Wildman–Crippen MR) is 72.5 cm³/mol. The summed E-state index contributed by atoms with van der Waals surface area (Å²) in [5, 5.41) is 1.01. The molecule has 3 aromatic rings. The second-order valence-corrected chi connectivity index (χ2v) is 4.25. The number of benzene rings is 2. The van der Waals surface area contributed by atoms with Gasteiger partial charge in [0.15, 0.2) is 0 Å². The van der Waals surface area contributed by atoms with Crippen LogP contribution in [0.5, 0.6) is 0 Å². The third kappa shape index (κ3) is 2.10. The van der Waals surface area contributed by atoms with Gasteiger partial charge in [0, 0.05) is 16.5 Å². The molecule has 1 heterocycles. The van der Waals surface area contributed by atoms with Crippen LogP contribution in [0.25, 0.3) is 22.2 Å². The Morgan fingerprint density at radius 1 is 1.00 bits per heavy atom. The molecular weight excluding hydrogens is 241 g/mol. The summed E-state index contributed by atoms with van der Waals surface area (Å²) in [5.74, 6) is -0.438. The molecule has 1 aromatic heterocycles. The van der Waals surface area contributed by atoms with E-state index in [9.17, 15) is 9.18 Å². The van der Waals surface area contributed by atoms with E-state index in [1.54, 1.807) is 18.2 Å². The third-order valence-corrected chi connectivity index (χ3v) is 3.00. The fraction of sp³-hybridized carbons (Fsp3) is 0. The molecule has 0 bridgehead atoms. The average Bonchev–Trinajstić information content (AvgIpc) is 2.46. The van der Waals surface area contributed by atoms with Gasteiger partial charge in [-0.2, -0.15) is 0 Å². The predicted octanol–water partition coefficient (Wildman–Crippen LogP) is 3.85. The first kappa shape index (κ1) is 11.5. The summed E-state index contributed by atoms with van der Waals surface area (Å²) in [6, 6.07) is 15.7. The first-order chi connectivity index (χ1) is 9.28. The van der Waals surface area contributed by atoms with Gasteiger partial charge in [-0.3, -0.25) is 4.79 Å². The Morgan fingerprint density at radius 3 is 2.63 bits per heavy atom. The van der Waals surface area contributed by atoms with Gasteiger partial charge in [0.1, 0.15) is 12.1 Å². The van der Waals surface area contributed by atoms with Gasteiger partial charge in [0.05, 0.1) is 11.2 Å². The van der Waals surface area contributed by atoms with E-state index >= 15 is 0 Å². The second-order valence-electron chi connectivity index (χ2n) is 4.25. The van der Waals surface area contributed by atoms with E-state index in [1.807, 2.05) is 30.3 Å². The van der Waals surface area contributed by atoms with Crippen molar-refractivity contribution in [3.63, 3.8) is 0 Å². The summed E-state index contributed by atoms with van der Waals surface area (Å²) >= 11 is 0. The van der Waals surface area contributed by atoms with Crippen LogP contribution in [0.2, 0.25) is 0 Å². The minimum absolute atomic E-state index is 0.321. The van der Waals surface area contributed by atoms with Crippen molar-refractivity contribution in [3.8, 4) is 11.3 Å². The molecule has 3 heteroatoms. The number of para-hydroxylation sites is 1. The lowest BCUT2D eigenvalue weighted by molar-refractivity contribution is 0.112. The van der Waals surface area contributed by atoms with Crippen molar-refractivity contribution in [2.75, 3.05) is 0 Å². The Morgan fingerprint density at radius 2 is 1.84 bits per heavy atom. The molecule has 0 unspecified atom stereocenters. The fourth-order valence-electron chi connectivity index (χ4n) is 2.03. The lowest BCUT2D eigenvalue weighted by Gasteiger charge is -2.05. The highest BCUT2D eigenvalue weighted by molar-refractivity contribution is 5.82. The number of rotatable bonds is 2. The zero-order chi connectivity index (χ0) is 13.2. The van der Waals surface area contributed by atoms with E-state index in [4.69, 9.17) is 0 Å². The summed E-state index contributed by atoms with van der Waals surface area (Å²) in [7, 11) is 0. The highest BCUT2D eigenvalue weighted by Crippen LogP contribution is 2.24. The normalized spacial score (nSPS) is 10.6. The third-order valence-electron chi connectivity index (χ3n) is 3.00. The number of carbonyl (C=O) groups is 1. The number of halogens is 1. The van der Waals surface area contributed by atoms with E-state index in [-0.39, 0.29) is 0 Å². The van der Waals surface area contributed by atoms with Crippen LogP contribution in [0.3, 0.4) is 0 Å². The summed E-state index contributed by atoms with van der Waals surface area (Å²) in [5.41, 5.74) is 2.10. The Kier molecular flexibility index (Phi) is 2.80. The van der Waals surface area contributed by atoms with Crippen LogP contribution in [0, 0.1) is 5.82 Å². The highest BCUT2D eigenvalue weighted by atomic mass is 19.1. The molecule has 0 saturated heterocycles. The second kappa shape index (κ2) is 4.61. The van der Waals surface area contributed by atoms with Crippen LogP contribution in [0.1, 0.15) is 10.4 Å². The number of aromatic nitrogens is 1. The minimum Gasteiger partial charge on any atom is -0.298 e. The van der Waals surface area contributed by atoms with Crippen molar-refractivity contribution in [3.05, 3.63) is 66.0 Å². The van der Waals surface area contributed by atoms with Crippen LogP contribution in [-0.4, -0.2) is 11.3 Å². The molecule has 0 spiro atoms. The molecule has 0 aliphatic rings. The first-order valence-electron chi connectivity index (χ1n) is 5.89. The summed E-state index contributed by atoms with van der Waals surface area (Å²) in [6.45, 7) is 0. The molecule has 3 rings (SSSR count). The molecular formula is C16H10FNO. The van der Waals surface area contributed by atoms with Crippen molar-refractivity contribution >= 4 is 17.2 Å². The zero-order valence-corrected chi connectivity index (χ0v) is 10.0. The molecule has 0 aliphatic heterocycles. The SMILES string of the molecule is O=Cc1ccc(-c2ccc3ccccc3n2)c(F)c1. The van der Waals surface area contributed by atoms with Gasteiger partial charge in [-0.25, -0.2) is 9.37 Å². The van der Waals surface area contributed by atoms with E-state index < -0.39 is 5.82 Å². The maximum atomic E-state index is 13.9. The Labute approximate surface area is 109 Å². The van der Waals surface area contributed by atoms with Gasteiger partial charge in [-0.05, 0) is 24.3 Å². The smallest absolute Gasteiger partial charge is 0.150 e. The van der Waals surface area contributed by atoms with E-state index in [2.05, 4.69) is 4.98 Å². The molecule has 0 N–H and O–H groups in total. The van der Waals surface area contributed by atoms with Gasteiger partial charge in [0.2, 0.25) is 0 Å². The number of hydrogen-bond acceptors (Lipinski definition) is 2. The molecule has 0 radical (unpaired) electrons. The van der Waals surface area contributed by atoms with Gasteiger partial charge in [-0.15, -0.1) is 0 Å². The summed E-state index contributed by atoms with van der Waals surface area (Å²) in [4.78, 5) is 15.0. The lowest BCUT2D eigenvalue weighted by Crippen LogP contribution is -1.91. The van der Waals surface area contributed by atoms with Crippen molar-refractivity contribution in [2.24, 2.45) is 0 Å². The number of pyridine rings is 1. The molecule has 0 atom stereocenters. The van der Waals surface area contributed by atoms with E-state index in [1.165, 1.54) is 6.07 Å². The van der Waals surface area contributed by atoms with Crippen LogP contribution in [0.15, 0.2) is 54.6 Å². The molecule has 92 valence electrons. The van der Waals surface area contributed by atoms with Gasteiger partial charge >= 0.3 is 0 Å². The highest BCUT2D eigenvalue weighted by Gasteiger charge is 2.08. The van der Waals surface area contributed by atoms with Crippen LogP contribution >= 0.6 is 0 Å². The van der Waals surface area contributed by atoms with Gasteiger partial charge in [0.25, 0.3) is 0 Å². The first-order valence-corrected chi connectivity index (χ1v) is 5.89. The number of carbonyl (C=O) groups excluding carboxylic acids is 1. The van der Waals surface area contributed by atoms with Crippen LogP contribution in [0.4, 0.5) is 4.39 Å². The topological polar surface area (TPSA) is 30.0 Å². The van der Waals surface area contributed by atoms with Crippen molar-refractivity contribution in [1.29, 1.82) is 0 Å². The molecule has 0 saturated carbocycles. The van der Waals surface area contributed by atoms with Gasteiger partial charge in [-0.1, -0.05) is 30.3 Å². The van der Waals surface area contributed by atoms with Crippen LogP contribution in [-0.2, 0) is 0 Å². The zero-order valence-electron chi connectivity index (χ0n) is 10.0. The Bertz CT molecular complexity index is 768. The van der Waals surface area contributed by atoms with Crippen molar-refractivity contribution in [2.45, 2.75) is 0 Å². The molecule has 0 aliphatic carbocycles. The summed E-state index contributed by atoms with van der Waals surface area (Å²) < 4.78 is 13.9. The molecule has 2 aromatic carbocycles. The lowest BCUT2D eigenvalue weighted by atomic mass is 10.1. The summed E-state index contributed by atoms with van der Waals surface area (Å²) in [6.07, 6.45) is 0.626. The molecule has 0 amide bonds. The van der Waals surface area contributed by atoms with E-state index in [0.29, 0.717) is 23.1 Å². The van der Waals surface area contributed by atoms with E-state index in [0.717, 1.165) is 10.9 Å². The monoisotopic (exact) mass is 251 g/mol. The maximum Gasteiger partial charge on any atom is 0.150 e. The molecule has 19 heavy (non-hydrogen) atoms. The number of hydrogen-bond donors (Lipinski definition) is 0. The Balaban J connectivity index is 2.16. The van der Waals surface area contributed by atoms with Gasteiger partial charge < -0.3 is 0 Å². The molecule has 2 nitrogen and oxygen atoms in total. The van der Waals surface area contributed by atoms with Crippen molar-refractivity contribution < 1.29 is 9.18 Å². The molecule has 0 fully saturated rings. The number of fused-ring (bicyclic) bond motifs is 1. The fourth-order valence-corrected chi connectivity index (χ4v) is 2.03. The van der Waals surface area contributed by atoms with Crippen molar-refractivity contribution in [1.82, 2.24) is 4.98 Å². The maximum absolute atomic E-state index is 13.9. The Hall–Kier alpha value is -2.55.